The minimum Gasteiger partial charge on any atom is -0.325 e. The highest BCUT2D eigenvalue weighted by atomic mass is 16.2. The Morgan fingerprint density at radius 3 is 2.76 bits per heavy atom. The highest BCUT2D eigenvalue weighted by molar-refractivity contribution is 6.21. The molecule has 1 aromatic heterocycles. The van der Waals surface area contributed by atoms with Crippen LogP contribution in [0.25, 0.3) is 0 Å². The Morgan fingerprint density at radius 1 is 1.28 bits per heavy atom. The number of hydrogen-bond donors (Lipinski definition) is 3. The van der Waals surface area contributed by atoms with Crippen molar-refractivity contribution < 1.29 is 14.4 Å². The first-order chi connectivity index (χ1) is 11.9. The molecule has 0 radical (unpaired) electrons. The van der Waals surface area contributed by atoms with Crippen molar-refractivity contribution in [3.63, 3.8) is 0 Å². The molecule has 1 aromatic carbocycles. The smallest absolute Gasteiger partial charge is 0.325 e. The number of nitrogens with zero attached hydrogens (tertiary/aromatic N) is 2. The van der Waals surface area contributed by atoms with Gasteiger partial charge in [0, 0.05) is 12.5 Å². The molecular weight excluding hydrogens is 322 g/mol. The average molecular weight is 341 g/mol. The zero-order valence-electron chi connectivity index (χ0n) is 14.0. The third-order valence-electron chi connectivity index (χ3n) is 3.92. The average Bonchev–Trinajstić information content (AvgIpc) is 3.08. The molecule has 1 saturated heterocycles. The van der Waals surface area contributed by atoms with Gasteiger partial charge in [-0.15, -0.1) is 0 Å². The molecule has 1 aliphatic heterocycles. The van der Waals surface area contributed by atoms with Crippen LogP contribution in [0, 0.1) is 13.8 Å². The van der Waals surface area contributed by atoms with Crippen LogP contribution in [-0.4, -0.2) is 34.1 Å². The van der Waals surface area contributed by atoms with Crippen LogP contribution in [0.15, 0.2) is 30.3 Å². The molecule has 8 nitrogen and oxygen atoms in total. The summed E-state index contributed by atoms with van der Waals surface area (Å²) in [6.45, 7) is 3.69. The second kappa shape index (κ2) is 6.76. The van der Waals surface area contributed by atoms with E-state index in [0.29, 0.717) is 11.5 Å². The molecule has 4 amide bonds. The number of anilines is 2. The summed E-state index contributed by atoms with van der Waals surface area (Å²) in [5.41, 5.74) is 2.25. The molecule has 3 N–H and O–H groups in total. The van der Waals surface area contributed by atoms with Crippen LogP contribution >= 0.6 is 0 Å². The predicted molar refractivity (Wildman–Crippen MR) is 92.2 cm³/mol. The molecule has 8 heteroatoms. The van der Waals surface area contributed by atoms with Gasteiger partial charge in [-0.2, -0.15) is 5.10 Å². The van der Waals surface area contributed by atoms with E-state index in [9.17, 15) is 14.4 Å². The third kappa shape index (κ3) is 3.68. The van der Waals surface area contributed by atoms with Gasteiger partial charge < -0.3 is 10.6 Å². The number of hydrogen-bond acceptors (Lipinski definition) is 4. The number of aromatic nitrogens is 2. The molecule has 2 aromatic rings. The highest BCUT2D eigenvalue weighted by Crippen LogP contribution is 2.22. The lowest BCUT2D eigenvalue weighted by Crippen LogP contribution is -2.31. The van der Waals surface area contributed by atoms with Gasteiger partial charge >= 0.3 is 6.03 Å². The van der Waals surface area contributed by atoms with Crippen molar-refractivity contribution in [2.24, 2.45) is 0 Å². The SMILES string of the molecule is Cc1cccc(N2C(=O)N[C@@H](CCC(=O)Nc3cc(C)n[nH]3)C2=O)c1. The molecule has 25 heavy (non-hydrogen) atoms. The van der Waals surface area contributed by atoms with E-state index in [1.165, 1.54) is 0 Å². The molecule has 0 spiro atoms. The van der Waals surface area contributed by atoms with Crippen LogP contribution in [0.3, 0.4) is 0 Å². The Bertz CT molecular complexity index is 829. The van der Waals surface area contributed by atoms with Crippen molar-refractivity contribution in [1.29, 1.82) is 0 Å². The van der Waals surface area contributed by atoms with E-state index in [4.69, 9.17) is 0 Å². The van der Waals surface area contributed by atoms with E-state index in [1.54, 1.807) is 31.2 Å². The summed E-state index contributed by atoms with van der Waals surface area (Å²) < 4.78 is 0. The molecule has 0 unspecified atom stereocenters. The van der Waals surface area contributed by atoms with Gasteiger partial charge in [0.15, 0.2) is 0 Å². The number of carbonyl (C=O) groups excluding carboxylic acids is 3. The van der Waals surface area contributed by atoms with E-state index in [2.05, 4.69) is 20.8 Å². The summed E-state index contributed by atoms with van der Waals surface area (Å²) in [7, 11) is 0. The fourth-order valence-electron chi connectivity index (χ4n) is 2.71. The van der Waals surface area contributed by atoms with Gasteiger partial charge in [-0.25, -0.2) is 9.69 Å². The van der Waals surface area contributed by atoms with E-state index in [0.717, 1.165) is 16.2 Å². The van der Waals surface area contributed by atoms with Crippen molar-refractivity contribution in [3.05, 3.63) is 41.6 Å². The normalized spacial score (nSPS) is 16.9. The third-order valence-corrected chi connectivity index (χ3v) is 3.92. The van der Waals surface area contributed by atoms with Crippen molar-refractivity contribution in [3.8, 4) is 0 Å². The van der Waals surface area contributed by atoms with E-state index in [1.807, 2.05) is 13.0 Å². The van der Waals surface area contributed by atoms with Crippen LogP contribution in [-0.2, 0) is 9.59 Å². The molecule has 1 atom stereocenters. The number of benzene rings is 1. The van der Waals surface area contributed by atoms with Gasteiger partial charge in [-0.05, 0) is 38.0 Å². The predicted octanol–water partition coefficient (Wildman–Crippen LogP) is 1.87. The molecule has 130 valence electrons. The molecular formula is C17H19N5O3. The lowest BCUT2D eigenvalue weighted by Gasteiger charge is -2.13. The van der Waals surface area contributed by atoms with Gasteiger partial charge in [0.25, 0.3) is 5.91 Å². The molecule has 1 fully saturated rings. The number of carbonyl (C=O) groups is 3. The maximum Gasteiger partial charge on any atom is 0.329 e. The molecule has 0 saturated carbocycles. The summed E-state index contributed by atoms with van der Waals surface area (Å²) >= 11 is 0. The topological polar surface area (TPSA) is 107 Å². The Kier molecular flexibility index (Phi) is 4.51. The summed E-state index contributed by atoms with van der Waals surface area (Å²) in [5, 5.41) is 11.9. The van der Waals surface area contributed by atoms with Crippen LogP contribution in [0.1, 0.15) is 24.1 Å². The molecule has 0 aliphatic carbocycles. The molecule has 1 aliphatic rings. The van der Waals surface area contributed by atoms with Gasteiger partial charge in [-0.3, -0.25) is 14.7 Å². The van der Waals surface area contributed by atoms with Crippen LogP contribution in [0.5, 0.6) is 0 Å². The number of imide groups is 1. The van der Waals surface area contributed by atoms with Crippen molar-refractivity contribution in [1.82, 2.24) is 15.5 Å². The molecule has 2 heterocycles. The number of amides is 4. The maximum atomic E-state index is 12.5. The summed E-state index contributed by atoms with van der Waals surface area (Å²) in [6, 6.07) is 7.69. The fraction of sp³-hybridized carbons (Fsp3) is 0.294. The van der Waals surface area contributed by atoms with E-state index >= 15 is 0 Å². The van der Waals surface area contributed by atoms with Gasteiger partial charge in [0.05, 0.1) is 11.4 Å². The van der Waals surface area contributed by atoms with Crippen molar-refractivity contribution >= 4 is 29.4 Å². The minimum atomic E-state index is -0.706. The first-order valence-corrected chi connectivity index (χ1v) is 7.97. The molecule has 3 rings (SSSR count). The fourth-order valence-corrected chi connectivity index (χ4v) is 2.71. The van der Waals surface area contributed by atoms with Crippen molar-refractivity contribution in [2.45, 2.75) is 32.7 Å². The number of urea groups is 1. The monoisotopic (exact) mass is 341 g/mol. The van der Waals surface area contributed by atoms with Crippen LogP contribution in [0.4, 0.5) is 16.3 Å². The minimum absolute atomic E-state index is 0.108. The standard InChI is InChI=1S/C17H19N5O3/c1-10-4-3-5-12(8-10)22-16(24)13(18-17(22)25)6-7-15(23)19-14-9-11(2)20-21-14/h3-5,8-9,13H,6-7H2,1-2H3,(H,18,25)(H2,19,20,21,23)/t13-/m0/s1. The van der Waals surface area contributed by atoms with Crippen LogP contribution in [0.2, 0.25) is 0 Å². The van der Waals surface area contributed by atoms with Crippen LogP contribution < -0.4 is 15.5 Å². The molecule has 0 bridgehead atoms. The van der Waals surface area contributed by atoms with E-state index in [-0.39, 0.29) is 24.7 Å². The lowest BCUT2D eigenvalue weighted by molar-refractivity contribution is -0.119. The van der Waals surface area contributed by atoms with Crippen molar-refractivity contribution in [2.75, 3.05) is 10.2 Å². The maximum absolute atomic E-state index is 12.5. The number of aryl methyl sites for hydroxylation is 2. The highest BCUT2D eigenvalue weighted by Gasteiger charge is 2.38. The Hall–Kier alpha value is -3.16. The number of nitrogens with one attached hydrogen (secondary N) is 3. The zero-order chi connectivity index (χ0) is 18.0. The largest absolute Gasteiger partial charge is 0.329 e. The van der Waals surface area contributed by atoms with Gasteiger partial charge in [0.1, 0.15) is 11.9 Å². The second-order valence-corrected chi connectivity index (χ2v) is 6.02. The van der Waals surface area contributed by atoms with Gasteiger partial charge in [0.2, 0.25) is 5.91 Å². The first kappa shape index (κ1) is 16.7. The Balaban J connectivity index is 1.59. The number of rotatable bonds is 5. The Morgan fingerprint density at radius 2 is 2.08 bits per heavy atom. The quantitative estimate of drug-likeness (QED) is 0.722. The second-order valence-electron chi connectivity index (χ2n) is 6.02. The van der Waals surface area contributed by atoms with E-state index < -0.39 is 12.1 Å². The number of aromatic amines is 1. The summed E-state index contributed by atoms with van der Waals surface area (Å²) in [4.78, 5) is 37.7. The van der Waals surface area contributed by atoms with Gasteiger partial charge in [-0.1, -0.05) is 12.1 Å². The summed E-state index contributed by atoms with van der Waals surface area (Å²) in [5.74, 6) is -0.0915. The first-order valence-electron chi connectivity index (χ1n) is 7.97. The summed E-state index contributed by atoms with van der Waals surface area (Å²) in [6.07, 6.45) is 0.336. The lowest BCUT2D eigenvalue weighted by atomic mass is 10.1. The zero-order valence-corrected chi connectivity index (χ0v) is 14.0. The number of H-pyrrole nitrogens is 1. The Labute approximate surface area is 144 Å².